The zero-order valence-electron chi connectivity index (χ0n) is 10.7. The number of phenolic OH excluding ortho intramolecular Hbond substituents is 2. The minimum Gasteiger partial charge on any atom is -0.504 e. The number of nitrogens with two attached hydrogens (primary N) is 1. The third-order valence-corrected chi connectivity index (χ3v) is 3.58. The van der Waals surface area contributed by atoms with Crippen LogP contribution >= 0.6 is 11.3 Å². The second-order valence-electron chi connectivity index (χ2n) is 4.32. The van der Waals surface area contributed by atoms with Gasteiger partial charge in [0.1, 0.15) is 12.6 Å². The first kappa shape index (κ1) is 14.4. The van der Waals surface area contributed by atoms with Crippen LogP contribution in [0.3, 0.4) is 0 Å². The molecule has 0 spiro atoms. The molecular weight excluding hydrogens is 278 g/mol. The highest BCUT2D eigenvalue weighted by atomic mass is 32.1. The largest absolute Gasteiger partial charge is 0.504 e. The third kappa shape index (κ3) is 3.72. The van der Waals surface area contributed by atoms with Crippen LogP contribution in [0.4, 0.5) is 0 Å². The van der Waals surface area contributed by atoms with E-state index >= 15 is 0 Å². The van der Waals surface area contributed by atoms with Gasteiger partial charge in [-0.3, -0.25) is 4.79 Å². The van der Waals surface area contributed by atoms with Crippen molar-refractivity contribution in [2.24, 2.45) is 5.73 Å². The molecule has 2 rings (SSSR count). The van der Waals surface area contributed by atoms with Crippen molar-refractivity contribution < 1.29 is 19.7 Å². The van der Waals surface area contributed by atoms with Gasteiger partial charge in [0.2, 0.25) is 0 Å². The summed E-state index contributed by atoms with van der Waals surface area (Å²) in [6.45, 7) is 0.213. The lowest BCUT2D eigenvalue weighted by Gasteiger charge is -2.11. The molecule has 5 nitrogen and oxygen atoms in total. The highest BCUT2D eigenvalue weighted by molar-refractivity contribution is 7.09. The van der Waals surface area contributed by atoms with Crippen LogP contribution in [0.1, 0.15) is 10.4 Å². The molecule has 1 atom stereocenters. The molecule has 1 aromatic carbocycles. The van der Waals surface area contributed by atoms with E-state index in [0.717, 1.165) is 4.88 Å². The fraction of sp³-hybridized carbons (Fsp3) is 0.214. The predicted molar refractivity (Wildman–Crippen MR) is 75.6 cm³/mol. The fourth-order valence-electron chi connectivity index (χ4n) is 1.68. The molecule has 20 heavy (non-hydrogen) atoms. The molecule has 106 valence electrons. The number of ether oxygens (including phenoxy) is 1. The Hall–Kier alpha value is -2.05. The number of esters is 1. The Morgan fingerprint density at radius 2 is 2.10 bits per heavy atom. The normalized spacial score (nSPS) is 12.1. The fourth-order valence-corrected chi connectivity index (χ4v) is 2.29. The van der Waals surface area contributed by atoms with E-state index in [1.165, 1.54) is 23.5 Å². The monoisotopic (exact) mass is 293 g/mol. The van der Waals surface area contributed by atoms with Gasteiger partial charge in [0, 0.05) is 4.88 Å². The molecule has 0 radical (unpaired) electrons. The van der Waals surface area contributed by atoms with Crippen LogP contribution in [0.15, 0.2) is 35.7 Å². The number of hydrogen-bond acceptors (Lipinski definition) is 6. The van der Waals surface area contributed by atoms with Crippen LogP contribution in [0.25, 0.3) is 0 Å². The van der Waals surface area contributed by atoms with E-state index in [1.807, 2.05) is 17.5 Å². The first-order valence-electron chi connectivity index (χ1n) is 6.01. The summed E-state index contributed by atoms with van der Waals surface area (Å²) in [4.78, 5) is 12.7. The molecule has 0 bridgehead atoms. The number of hydrogen-bond donors (Lipinski definition) is 3. The summed E-state index contributed by atoms with van der Waals surface area (Å²) in [5.74, 6) is -0.935. The molecular formula is C14H15NO4S. The lowest BCUT2D eigenvalue weighted by molar-refractivity contribution is -0.146. The maximum absolute atomic E-state index is 11.7. The van der Waals surface area contributed by atoms with Gasteiger partial charge in [0.25, 0.3) is 0 Å². The summed E-state index contributed by atoms with van der Waals surface area (Å²) in [7, 11) is 0. The summed E-state index contributed by atoms with van der Waals surface area (Å²) >= 11 is 1.51. The van der Waals surface area contributed by atoms with Gasteiger partial charge in [0.05, 0.1) is 0 Å². The Bertz CT molecular complexity index is 583. The Kier molecular flexibility index (Phi) is 4.60. The Labute approximate surface area is 120 Å². The third-order valence-electron chi connectivity index (χ3n) is 2.73. The lowest BCUT2D eigenvalue weighted by Crippen LogP contribution is -2.34. The molecule has 0 amide bonds. The van der Waals surface area contributed by atoms with Crippen molar-refractivity contribution in [2.75, 3.05) is 0 Å². The van der Waals surface area contributed by atoms with E-state index in [4.69, 9.17) is 10.5 Å². The van der Waals surface area contributed by atoms with E-state index < -0.39 is 12.0 Å². The quantitative estimate of drug-likeness (QED) is 0.577. The van der Waals surface area contributed by atoms with Crippen molar-refractivity contribution in [1.82, 2.24) is 0 Å². The Morgan fingerprint density at radius 1 is 1.30 bits per heavy atom. The SMILES string of the molecule is NC(Cc1ccc(O)c(O)c1)C(=O)OCc1cccs1. The van der Waals surface area contributed by atoms with Gasteiger partial charge in [0.15, 0.2) is 11.5 Å². The standard InChI is InChI=1S/C14H15NO4S/c15-11(6-9-3-4-12(16)13(17)7-9)14(18)19-8-10-2-1-5-20-10/h1-5,7,11,16-17H,6,8,15H2. The number of carbonyl (C=O) groups is 1. The second kappa shape index (κ2) is 6.40. The summed E-state index contributed by atoms with van der Waals surface area (Å²) in [5.41, 5.74) is 6.42. The second-order valence-corrected chi connectivity index (χ2v) is 5.35. The van der Waals surface area contributed by atoms with Gasteiger partial charge in [-0.15, -0.1) is 11.3 Å². The molecule has 0 aliphatic rings. The molecule has 0 fully saturated rings. The van der Waals surface area contributed by atoms with Gasteiger partial charge in [-0.1, -0.05) is 12.1 Å². The smallest absolute Gasteiger partial charge is 0.323 e. The average molecular weight is 293 g/mol. The molecule has 1 unspecified atom stereocenters. The number of thiophene rings is 1. The number of aromatic hydroxyl groups is 2. The van der Waals surface area contributed by atoms with Gasteiger partial charge in [-0.05, 0) is 35.6 Å². The van der Waals surface area contributed by atoms with Gasteiger partial charge >= 0.3 is 5.97 Å². The van der Waals surface area contributed by atoms with E-state index in [0.29, 0.717) is 5.56 Å². The van der Waals surface area contributed by atoms with Crippen molar-refractivity contribution in [3.8, 4) is 11.5 Å². The zero-order valence-corrected chi connectivity index (χ0v) is 11.5. The number of phenols is 2. The van der Waals surface area contributed by atoms with Crippen molar-refractivity contribution in [1.29, 1.82) is 0 Å². The molecule has 0 saturated heterocycles. The number of rotatable bonds is 5. The number of carbonyl (C=O) groups excluding carboxylic acids is 1. The highest BCUT2D eigenvalue weighted by Gasteiger charge is 2.16. The van der Waals surface area contributed by atoms with Crippen LogP contribution < -0.4 is 5.73 Å². The van der Waals surface area contributed by atoms with Crippen LogP contribution in [-0.4, -0.2) is 22.2 Å². The van der Waals surface area contributed by atoms with Crippen molar-refractivity contribution in [3.63, 3.8) is 0 Å². The first-order valence-corrected chi connectivity index (χ1v) is 6.89. The minimum absolute atomic E-state index is 0.206. The average Bonchev–Trinajstić information content (AvgIpc) is 2.93. The van der Waals surface area contributed by atoms with E-state index in [2.05, 4.69) is 0 Å². The lowest BCUT2D eigenvalue weighted by atomic mass is 10.1. The molecule has 1 aromatic heterocycles. The summed E-state index contributed by atoms with van der Waals surface area (Å²) in [6, 6.07) is 7.28. The topological polar surface area (TPSA) is 92.8 Å². The van der Waals surface area contributed by atoms with E-state index in [1.54, 1.807) is 6.07 Å². The van der Waals surface area contributed by atoms with Crippen molar-refractivity contribution in [3.05, 3.63) is 46.2 Å². The Balaban J connectivity index is 1.88. The number of benzene rings is 1. The van der Waals surface area contributed by atoms with E-state index in [-0.39, 0.29) is 24.5 Å². The van der Waals surface area contributed by atoms with Gasteiger partial charge in [-0.25, -0.2) is 0 Å². The van der Waals surface area contributed by atoms with Crippen molar-refractivity contribution >= 4 is 17.3 Å². The van der Waals surface area contributed by atoms with Crippen LogP contribution in [0.2, 0.25) is 0 Å². The molecule has 2 aromatic rings. The molecule has 1 heterocycles. The summed E-state index contributed by atoms with van der Waals surface area (Å²) in [5, 5.41) is 20.5. The zero-order chi connectivity index (χ0) is 14.5. The summed E-state index contributed by atoms with van der Waals surface area (Å²) in [6.07, 6.45) is 0.233. The van der Waals surface area contributed by atoms with Crippen LogP contribution in [-0.2, 0) is 22.6 Å². The Morgan fingerprint density at radius 3 is 2.75 bits per heavy atom. The molecule has 0 aliphatic carbocycles. The molecule has 6 heteroatoms. The van der Waals surface area contributed by atoms with Gasteiger partial charge in [-0.2, -0.15) is 0 Å². The minimum atomic E-state index is -0.807. The van der Waals surface area contributed by atoms with Crippen LogP contribution in [0, 0.1) is 0 Å². The summed E-state index contributed by atoms with van der Waals surface area (Å²) < 4.78 is 5.11. The maximum atomic E-state index is 11.7. The van der Waals surface area contributed by atoms with Crippen molar-refractivity contribution in [2.45, 2.75) is 19.1 Å². The molecule has 4 N–H and O–H groups in total. The first-order chi connectivity index (χ1) is 9.56. The predicted octanol–water partition coefficient (Wildman–Crippen LogP) is 1.77. The van der Waals surface area contributed by atoms with E-state index in [9.17, 15) is 15.0 Å². The molecule has 0 saturated carbocycles. The maximum Gasteiger partial charge on any atom is 0.323 e. The highest BCUT2D eigenvalue weighted by Crippen LogP contribution is 2.25. The van der Waals surface area contributed by atoms with Gasteiger partial charge < -0.3 is 20.7 Å². The van der Waals surface area contributed by atoms with Crippen LogP contribution in [0.5, 0.6) is 11.5 Å². The molecule has 0 aliphatic heterocycles.